The van der Waals surface area contributed by atoms with Crippen molar-refractivity contribution in [2.24, 2.45) is 0 Å². The number of hydrogen-bond donors (Lipinski definition) is 3. The molecule has 4 rings (SSSR count). The van der Waals surface area contributed by atoms with E-state index in [1.807, 2.05) is 0 Å². The molecule has 1 saturated heterocycles. The Morgan fingerprint density at radius 3 is 2.55 bits per heavy atom. The van der Waals surface area contributed by atoms with Crippen LogP contribution in [0.5, 0.6) is 5.75 Å². The van der Waals surface area contributed by atoms with Crippen LogP contribution in [0.4, 0.5) is 9.18 Å². The van der Waals surface area contributed by atoms with E-state index in [1.54, 1.807) is 17.0 Å². The molecule has 0 unspecified atom stereocenters. The quantitative estimate of drug-likeness (QED) is 0.550. The smallest absolute Gasteiger partial charge is 0.410 e. The molecule has 2 heterocycles. The normalized spacial score (nSPS) is 17.6. The van der Waals surface area contributed by atoms with Gasteiger partial charge in [-0.3, -0.25) is 19.3 Å². The van der Waals surface area contributed by atoms with E-state index in [9.17, 15) is 28.7 Å². The van der Waals surface area contributed by atoms with Crippen molar-refractivity contribution in [1.29, 1.82) is 0 Å². The summed E-state index contributed by atoms with van der Waals surface area (Å²) in [4.78, 5) is 52.7. The monoisotopic (exact) mass is 526 g/mol. The highest BCUT2D eigenvalue weighted by molar-refractivity contribution is 5.96. The molecule has 0 radical (unpaired) electrons. The molecular weight excluding hydrogens is 495 g/mol. The van der Waals surface area contributed by atoms with Crippen molar-refractivity contribution in [3.05, 3.63) is 53.3 Å². The van der Waals surface area contributed by atoms with Crippen molar-refractivity contribution >= 4 is 23.8 Å². The summed E-state index contributed by atoms with van der Waals surface area (Å²) in [6.07, 6.45) is 1.00. The van der Waals surface area contributed by atoms with Gasteiger partial charge < -0.3 is 25.4 Å². The van der Waals surface area contributed by atoms with Crippen molar-refractivity contribution < 1.29 is 33.4 Å². The molecule has 2 aliphatic heterocycles. The predicted octanol–water partition coefficient (Wildman–Crippen LogP) is 2.05. The molecule has 202 valence electrons. The van der Waals surface area contributed by atoms with E-state index in [0.29, 0.717) is 50.0 Å². The van der Waals surface area contributed by atoms with Gasteiger partial charge in [-0.05, 0) is 54.7 Å². The topological polar surface area (TPSA) is 128 Å². The third-order valence-corrected chi connectivity index (χ3v) is 6.56. The summed E-state index contributed by atoms with van der Waals surface area (Å²) in [5.74, 6) is -1.73. The van der Waals surface area contributed by atoms with Gasteiger partial charge in [0.25, 0.3) is 5.91 Å². The lowest BCUT2D eigenvalue weighted by Gasteiger charge is -2.25. The van der Waals surface area contributed by atoms with Crippen LogP contribution < -0.4 is 10.6 Å². The number of hydrogen-bond acceptors (Lipinski definition) is 6. The Hall–Kier alpha value is -4.15. The van der Waals surface area contributed by atoms with Crippen LogP contribution in [0, 0.1) is 5.82 Å². The Bertz CT molecular complexity index is 1220. The number of benzene rings is 2. The molecule has 2 aliphatic rings. The van der Waals surface area contributed by atoms with Crippen LogP contribution in [-0.2, 0) is 20.7 Å². The van der Waals surface area contributed by atoms with E-state index >= 15 is 0 Å². The zero-order valence-corrected chi connectivity index (χ0v) is 21.0. The zero-order valence-electron chi connectivity index (χ0n) is 21.0. The number of nitrogens with one attached hydrogen (secondary N) is 2. The van der Waals surface area contributed by atoms with Crippen LogP contribution in [0.2, 0.25) is 0 Å². The number of nitrogens with zero attached hydrogens (tertiary/aromatic N) is 2. The third kappa shape index (κ3) is 6.78. The van der Waals surface area contributed by atoms with Crippen molar-refractivity contribution in [2.75, 3.05) is 45.9 Å². The second-order valence-electron chi connectivity index (χ2n) is 9.28. The van der Waals surface area contributed by atoms with Crippen LogP contribution in [0.1, 0.15) is 35.2 Å². The van der Waals surface area contributed by atoms with Crippen molar-refractivity contribution in [3.8, 4) is 16.9 Å². The SMILES string of the molecule is O=C1CCCN(C(=O)CN2CCOC2=O)CCCNC(=O)c2cc(ccc2F)-c2cc(ccc2O)CCN1. The number of aromatic hydroxyl groups is 1. The number of rotatable bonds is 2. The summed E-state index contributed by atoms with van der Waals surface area (Å²) in [6.45, 7) is 1.59. The van der Waals surface area contributed by atoms with Crippen LogP contribution in [0.3, 0.4) is 0 Å². The second kappa shape index (κ2) is 12.4. The predicted molar refractivity (Wildman–Crippen MR) is 136 cm³/mol. The number of phenols is 1. The van der Waals surface area contributed by atoms with Gasteiger partial charge in [0, 0.05) is 38.2 Å². The molecule has 2 aromatic rings. The first-order chi connectivity index (χ1) is 18.3. The molecule has 2 aromatic carbocycles. The fourth-order valence-electron chi connectivity index (χ4n) is 4.46. The minimum Gasteiger partial charge on any atom is -0.507 e. The highest BCUT2D eigenvalue weighted by Crippen LogP contribution is 2.31. The van der Waals surface area contributed by atoms with Crippen LogP contribution in [0.15, 0.2) is 36.4 Å². The minimum atomic E-state index is -0.690. The third-order valence-electron chi connectivity index (χ3n) is 6.56. The molecule has 0 aromatic heterocycles. The molecule has 0 spiro atoms. The van der Waals surface area contributed by atoms with Crippen LogP contribution in [-0.4, -0.2) is 84.6 Å². The fraction of sp³-hybridized carbons (Fsp3) is 0.407. The molecule has 38 heavy (non-hydrogen) atoms. The molecule has 4 bridgehead atoms. The number of carbonyl (C=O) groups is 4. The molecule has 4 amide bonds. The first-order valence-corrected chi connectivity index (χ1v) is 12.7. The van der Waals surface area contributed by atoms with Gasteiger partial charge in [0.1, 0.15) is 24.7 Å². The number of phenolic OH excluding ortho intramolecular Hbond substituents is 1. The van der Waals surface area contributed by atoms with E-state index in [0.717, 1.165) is 5.56 Å². The van der Waals surface area contributed by atoms with Gasteiger partial charge in [-0.15, -0.1) is 0 Å². The maximum atomic E-state index is 14.5. The zero-order chi connectivity index (χ0) is 27.1. The second-order valence-corrected chi connectivity index (χ2v) is 9.28. The number of carbonyl (C=O) groups excluding carboxylic acids is 4. The van der Waals surface area contributed by atoms with Gasteiger partial charge in [0.05, 0.1) is 12.1 Å². The summed E-state index contributed by atoms with van der Waals surface area (Å²) in [6, 6.07) is 9.10. The van der Waals surface area contributed by atoms with E-state index in [4.69, 9.17) is 4.74 Å². The number of amides is 4. The fourth-order valence-corrected chi connectivity index (χ4v) is 4.46. The standard InChI is InChI=1S/C27H31FN4O6/c28-22-6-5-19-16-21(22)26(36)30-9-2-12-31(25(35)17-32-13-14-38-27(32)37)11-1-3-24(34)29-10-8-18-4-7-23(33)20(19)15-18/h4-7,15-16,33H,1-3,8-14,17H2,(H,29,34)(H,30,36). The Kier molecular flexibility index (Phi) is 8.77. The molecule has 10 nitrogen and oxygen atoms in total. The largest absolute Gasteiger partial charge is 0.507 e. The summed E-state index contributed by atoms with van der Waals surface area (Å²) in [7, 11) is 0. The van der Waals surface area contributed by atoms with Gasteiger partial charge in [0.15, 0.2) is 0 Å². The Labute approximate surface area is 219 Å². The van der Waals surface area contributed by atoms with Gasteiger partial charge in [0.2, 0.25) is 11.8 Å². The molecule has 1 fully saturated rings. The van der Waals surface area contributed by atoms with Gasteiger partial charge in [-0.1, -0.05) is 12.1 Å². The molecule has 11 heteroatoms. The van der Waals surface area contributed by atoms with E-state index in [1.165, 1.54) is 29.2 Å². The van der Waals surface area contributed by atoms with Gasteiger partial charge in [-0.25, -0.2) is 9.18 Å². The van der Waals surface area contributed by atoms with Crippen LogP contribution >= 0.6 is 0 Å². The average Bonchev–Trinajstić information content (AvgIpc) is 3.30. The average molecular weight is 527 g/mol. The van der Waals surface area contributed by atoms with E-state index < -0.39 is 17.8 Å². The summed E-state index contributed by atoms with van der Waals surface area (Å²) in [5, 5.41) is 16.0. The lowest BCUT2D eigenvalue weighted by Crippen LogP contribution is -2.42. The lowest BCUT2D eigenvalue weighted by atomic mass is 9.98. The molecule has 0 atom stereocenters. The molecule has 3 N–H and O–H groups in total. The van der Waals surface area contributed by atoms with Gasteiger partial charge >= 0.3 is 6.09 Å². The Morgan fingerprint density at radius 1 is 0.947 bits per heavy atom. The lowest BCUT2D eigenvalue weighted by molar-refractivity contribution is -0.132. The van der Waals surface area contributed by atoms with Crippen molar-refractivity contribution in [2.45, 2.75) is 25.7 Å². The van der Waals surface area contributed by atoms with E-state index in [2.05, 4.69) is 10.6 Å². The Balaban J connectivity index is 1.51. The number of ether oxygens (including phenoxy) is 1. The first kappa shape index (κ1) is 26.9. The first-order valence-electron chi connectivity index (χ1n) is 12.7. The maximum absolute atomic E-state index is 14.5. The molecule has 0 aliphatic carbocycles. The highest BCUT2D eigenvalue weighted by atomic mass is 19.1. The summed E-state index contributed by atoms with van der Waals surface area (Å²) in [5.41, 5.74) is 1.63. The highest BCUT2D eigenvalue weighted by Gasteiger charge is 2.26. The molecule has 0 saturated carbocycles. The van der Waals surface area contributed by atoms with Gasteiger partial charge in [-0.2, -0.15) is 0 Å². The summed E-state index contributed by atoms with van der Waals surface area (Å²) < 4.78 is 19.4. The number of fused-ring (bicyclic) bond motifs is 5. The summed E-state index contributed by atoms with van der Waals surface area (Å²) >= 11 is 0. The number of cyclic esters (lactones) is 1. The van der Waals surface area contributed by atoms with Crippen molar-refractivity contribution in [1.82, 2.24) is 20.4 Å². The van der Waals surface area contributed by atoms with Crippen molar-refractivity contribution in [3.63, 3.8) is 0 Å². The number of halogens is 1. The van der Waals surface area contributed by atoms with Crippen LogP contribution in [0.25, 0.3) is 11.1 Å². The minimum absolute atomic E-state index is 0.00593. The maximum Gasteiger partial charge on any atom is 0.410 e. The van der Waals surface area contributed by atoms with E-state index in [-0.39, 0.29) is 55.8 Å². The Morgan fingerprint density at radius 2 is 1.76 bits per heavy atom. The molecular formula is C27H31FN4O6.